The summed E-state index contributed by atoms with van der Waals surface area (Å²) in [6.45, 7) is 3.92. The molecule has 1 aromatic rings. The predicted octanol–water partition coefficient (Wildman–Crippen LogP) is 1.03. The molecule has 1 aromatic heterocycles. The topological polar surface area (TPSA) is 92.2 Å². The van der Waals surface area contributed by atoms with Crippen molar-refractivity contribution in [1.82, 2.24) is 30.5 Å². The van der Waals surface area contributed by atoms with E-state index in [9.17, 15) is 9.59 Å². The Bertz CT molecular complexity index is 587. The van der Waals surface area contributed by atoms with E-state index < -0.39 is 0 Å². The fourth-order valence-corrected chi connectivity index (χ4v) is 3.61. The summed E-state index contributed by atoms with van der Waals surface area (Å²) in [6.07, 6.45) is 7.22. The maximum absolute atomic E-state index is 12.1. The third-order valence-electron chi connectivity index (χ3n) is 4.83. The highest BCUT2D eigenvalue weighted by Crippen LogP contribution is 2.26. The lowest BCUT2D eigenvalue weighted by molar-refractivity contribution is -0.130. The summed E-state index contributed by atoms with van der Waals surface area (Å²) < 4.78 is 0. The third-order valence-corrected chi connectivity index (χ3v) is 4.83. The van der Waals surface area contributed by atoms with E-state index in [1.54, 1.807) is 11.0 Å². The minimum Gasteiger partial charge on any atom is -0.340 e. The number of aromatic nitrogens is 3. The van der Waals surface area contributed by atoms with E-state index in [-0.39, 0.29) is 24.0 Å². The fraction of sp³-hybridized carbons (Fsp3) is 0.750. The standard InChI is InChI=1S/C16H26N6O2/c1-2-22-18-11-13(20-22)10-17-16(24)19-12-5-3-6-14(9-12)21-8-4-7-15(21)23/h11-12,14H,2-10H2,1H3,(H2,17,19,24). The van der Waals surface area contributed by atoms with Crippen LogP contribution in [-0.4, -0.2) is 50.5 Å². The Morgan fingerprint density at radius 2 is 2.25 bits per heavy atom. The van der Waals surface area contributed by atoms with Crippen molar-refractivity contribution in [2.75, 3.05) is 6.54 Å². The van der Waals surface area contributed by atoms with Crippen LogP contribution in [0.4, 0.5) is 4.79 Å². The van der Waals surface area contributed by atoms with E-state index in [1.807, 2.05) is 11.8 Å². The molecule has 0 radical (unpaired) electrons. The summed E-state index contributed by atoms with van der Waals surface area (Å²) in [7, 11) is 0. The molecule has 3 rings (SSSR count). The molecule has 1 aliphatic heterocycles. The Kier molecular flexibility index (Phi) is 5.32. The highest BCUT2D eigenvalue weighted by Gasteiger charge is 2.32. The number of likely N-dealkylation sites (tertiary alicyclic amines) is 1. The lowest BCUT2D eigenvalue weighted by atomic mass is 9.90. The lowest BCUT2D eigenvalue weighted by Crippen LogP contribution is -2.48. The molecule has 2 atom stereocenters. The number of amides is 3. The molecule has 8 nitrogen and oxygen atoms in total. The largest absolute Gasteiger partial charge is 0.340 e. The second kappa shape index (κ2) is 7.63. The van der Waals surface area contributed by atoms with Crippen molar-refractivity contribution in [3.63, 3.8) is 0 Å². The highest BCUT2D eigenvalue weighted by atomic mass is 16.2. The van der Waals surface area contributed by atoms with Crippen LogP contribution < -0.4 is 10.6 Å². The van der Waals surface area contributed by atoms with E-state index >= 15 is 0 Å². The minimum absolute atomic E-state index is 0.128. The van der Waals surface area contributed by atoms with Crippen molar-refractivity contribution >= 4 is 11.9 Å². The van der Waals surface area contributed by atoms with Crippen LogP contribution in [0, 0.1) is 0 Å². The zero-order valence-corrected chi connectivity index (χ0v) is 14.2. The van der Waals surface area contributed by atoms with Gasteiger partial charge in [-0.15, -0.1) is 0 Å². The average molecular weight is 334 g/mol. The van der Waals surface area contributed by atoms with Crippen LogP contribution in [0.1, 0.15) is 51.1 Å². The first kappa shape index (κ1) is 16.7. The van der Waals surface area contributed by atoms with Crippen molar-refractivity contribution in [1.29, 1.82) is 0 Å². The van der Waals surface area contributed by atoms with Crippen LogP contribution in [0.15, 0.2) is 6.20 Å². The summed E-state index contributed by atoms with van der Waals surface area (Å²) in [5.41, 5.74) is 0.746. The number of carbonyl (C=O) groups excluding carboxylic acids is 2. The molecule has 0 aromatic carbocycles. The van der Waals surface area contributed by atoms with Crippen molar-refractivity contribution in [3.05, 3.63) is 11.9 Å². The van der Waals surface area contributed by atoms with Crippen LogP contribution in [-0.2, 0) is 17.9 Å². The van der Waals surface area contributed by atoms with Gasteiger partial charge in [-0.3, -0.25) is 4.79 Å². The van der Waals surface area contributed by atoms with Crippen LogP contribution >= 0.6 is 0 Å². The molecule has 132 valence electrons. The zero-order chi connectivity index (χ0) is 16.9. The number of rotatable bonds is 5. The second-order valence-electron chi connectivity index (χ2n) is 6.56. The molecule has 1 saturated carbocycles. The van der Waals surface area contributed by atoms with Gasteiger partial charge in [0.15, 0.2) is 0 Å². The van der Waals surface area contributed by atoms with Crippen molar-refractivity contribution < 1.29 is 9.59 Å². The SMILES string of the molecule is CCn1ncc(CNC(=O)NC2CCCC(N3CCCC3=O)C2)n1. The molecule has 2 aliphatic rings. The number of carbonyl (C=O) groups is 2. The highest BCUT2D eigenvalue weighted by molar-refractivity contribution is 5.78. The Labute approximate surface area is 142 Å². The summed E-state index contributed by atoms with van der Waals surface area (Å²) in [6, 6.07) is 0.228. The Morgan fingerprint density at radius 1 is 1.38 bits per heavy atom. The van der Waals surface area contributed by atoms with Crippen molar-refractivity contribution in [2.24, 2.45) is 0 Å². The van der Waals surface area contributed by atoms with E-state index in [0.717, 1.165) is 44.3 Å². The molecule has 1 aliphatic carbocycles. The van der Waals surface area contributed by atoms with Crippen LogP contribution in [0.5, 0.6) is 0 Å². The van der Waals surface area contributed by atoms with Gasteiger partial charge in [0, 0.05) is 25.0 Å². The van der Waals surface area contributed by atoms with Crippen LogP contribution in [0.2, 0.25) is 0 Å². The summed E-state index contributed by atoms with van der Waals surface area (Å²) in [4.78, 5) is 27.6. The van der Waals surface area contributed by atoms with E-state index in [0.29, 0.717) is 19.5 Å². The summed E-state index contributed by atoms with van der Waals surface area (Å²) in [5, 5.41) is 14.2. The van der Waals surface area contributed by atoms with Crippen LogP contribution in [0.3, 0.4) is 0 Å². The third kappa shape index (κ3) is 4.04. The molecule has 2 unspecified atom stereocenters. The average Bonchev–Trinajstić information content (AvgIpc) is 3.22. The van der Waals surface area contributed by atoms with Gasteiger partial charge in [0.25, 0.3) is 0 Å². The first-order valence-corrected chi connectivity index (χ1v) is 8.88. The zero-order valence-electron chi connectivity index (χ0n) is 14.2. The number of hydrogen-bond donors (Lipinski definition) is 2. The molecular weight excluding hydrogens is 308 g/mol. The van der Waals surface area contributed by atoms with Gasteiger partial charge in [-0.25, -0.2) is 4.79 Å². The van der Waals surface area contributed by atoms with Gasteiger partial charge in [0.2, 0.25) is 5.91 Å². The van der Waals surface area contributed by atoms with Crippen molar-refractivity contribution in [2.45, 2.75) is 70.6 Å². The van der Waals surface area contributed by atoms with Crippen LogP contribution in [0.25, 0.3) is 0 Å². The molecule has 2 fully saturated rings. The quantitative estimate of drug-likeness (QED) is 0.841. The van der Waals surface area contributed by atoms with Gasteiger partial charge in [-0.2, -0.15) is 15.0 Å². The first-order valence-electron chi connectivity index (χ1n) is 8.88. The van der Waals surface area contributed by atoms with Gasteiger partial charge < -0.3 is 15.5 Å². The van der Waals surface area contributed by atoms with Crippen molar-refractivity contribution in [3.8, 4) is 0 Å². The maximum atomic E-state index is 12.1. The fourth-order valence-electron chi connectivity index (χ4n) is 3.61. The predicted molar refractivity (Wildman–Crippen MR) is 88.1 cm³/mol. The number of aryl methyl sites for hydroxylation is 1. The molecule has 8 heteroatoms. The summed E-state index contributed by atoms with van der Waals surface area (Å²) in [5.74, 6) is 0.268. The lowest BCUT2D eigenvalue weighted by Gasteiger charge is -2.35. The van der Waals surface area contributed by atoms with E-state index in [4.69, 9.17) is 0 Å². The molecule has 0 spiro atoms. The molecular formula is C16H26N6O2. The normalized spacial score (nSPS) is 24.2. The van der Waals surface area contributed by atoms with Gasteiger partial charge >= 0.3 is 6.03 Å². The smallest absolute Gasteiger partial charge is 0.315 e. The number of hydrogen-bond acceptors (Lipinski definition) is 4. The molecule has 3 amide bonds. The van der Waals surface area contributed by atoms with Gasteiger partial charge in [-0.05, 0) is 39.0 Å². The first-order chi connectivity index (χ1) is 11.7. The Balaban J connectivity index is 1.44. The molecule has 2 N–H and O–H groups in total. The number of nitrogens with one attached hydrogen (secondary N) is 2. The Hall–Kier alpha value is -2.12. The van der Waals surface area contributed by atoms with Gasteiger partial charge in [0.05, 0.1) is 19.3 Å². The molecule has 24 heavy (non-hydrogen) atoms. The van der Waals surface area contributed by atoms with E-state index in [1.165, 1.54) is 0 Å². The van der Waals surface area contributed by atoms with Gasteiger partial charge in [0.1, 0.15) is 5.69 Å². The minimum atomic E-state index is -0.181. The number of urea groups is 1. The number of nitrogens with zero attached hydrogens (tertiary/aromatic N) is 4. The maximum Gasteiger partial charge on any atom is 0.315 e. The van der Waals surface area contributed by atoms with E-state index in [2.05, 4.69) is 20.8 Å². The second-order valence-corrected chi connectivity index (χ2v) is 6.56. The molecule has 0 bridgehead atoms. The molecule has 1 saturated heterocycles. The van der Waals surface area contributed by atoms with Gasteiger partial charge in [-0.1, -0.05) is 0 Å². The summed E-state index contributed by atoms with van der Waals surface area (Å²) >= 11 is 0. The monoisotopic (exact) mass is 334 g/mol. The molecule has 2 heterocycles. The Morgan fingerprint density at radius 3 is 2.96 bits per heavy atom.